The monoisotopic (exact) mass is 431 g/mol. The number of ether oxygens (including phenoxy) is 1. The molecule has 3 aromatic rings. The van der Waals surface area contributed by atoms with Crippen LogP contribution in [-0.4, -0.2) is 45.7 Å². The van der Waals surface area contributed by atoms with E-state index < -0.39 is 6.09 Å². The summed E-state index contributed by atoms with van der Waals surface area (Å²) in [4.78, 5) is 28.2. The van der Waals surface area contributed by atoms with Gasteiger partial charge in [0.1, 0.15) is 11.4 Å². The lowest BCUT2D eigenvalue weighted by Gasteiger charge is -2.11. The Labute approximate surface area is 186 Å². The van der Waals surface area contributed by atoms with E-state index in [9.17, 15) is 14.7 Å². The smallest absolute Gasteiger partial charge is 0.415 e. The number of nitrogens with one attached hydrogen (secondary N) is 1. The van der Waals surface area contributed by atoms with Gasteiger partial charge in [0.15, 0.2) is 5.78 Å². The van der Waals surface area contributed by atoms with Gasteiger partial charge in [-0.25, -0.2) is 9.78 Å². The first-order chi connectivity index (χ1) is 15.6. The molecule has 1 unspecified atom stereocenters. The second-order valence-electron chi connectivity index (χ2n) is 8.57. The van der Waals surface area contributed by atoms with Gasteiger partial charge < -0.3 is 15.2 Å². The average Bonchev–Trinajstić information content (AvgIpc) is 3.32. The van der Waals surface area contributed by atoms with Gasteiger partial charge in [-0.3, -0.25) is 9.36 Å². The van der Waals surface area contributed by atoms with Crippen LogP contribution in [0.4, 0.5) is 4.79 Å². The molecule has 2 heterocycles. The fourth-order valence-corrected chi connectivity index (χ4v) is 4.16. The summed E-state index contributed by atoms with van der Waals surface area (Å²) in [5.74, 6) is 1.34. The lowest BCUT2D eigenvalue weighted by atomic mass is 10.0. The summed E-state index contributed by atoms with van der Waals surface area (Å²) in [6, 6.07) is 13.3. The van der Waals surface area contributed by atoms with Crippen molar-refractivity contribution in [3.63, 3.8) is 0 Å². The molecular weight excluding hydrogens is 406 g/mol. The largest absolute Gasteiger partial charge is 0.492 e. The van der Waals surface area contributed by atoms with Crippen LogP contribution >= 0.6 is 0 Å². The van der Waals surface area contributed by atoms with Crippen molar-refractivity contribution in [2.75, 3.05) is 13.2 Å². The number of carbonyl (C=O) groups excluding carboxylic acids is 1. The van der Waals surface area contributed by atoms with Crippen molar-refractivity contribution in [1.82, 2.24) is 14.9 Å². The Morgan fingerprint density at radius 1 is 1.12 bits per heavy atom. The van der Waals surface area contributed by atoms with Gasteiger partial charge in [-0.05, 0) is 78.6 Å². The molecule has 0 radical (unpaired) electrons. The molecule has 1 saturated carbocycles. The van der Waals surface area contributed by atoms with E-state index in [1.807, 2.05) is 12.1 Å². The molecule has 7 nitrogen and oxygen atoms in total. The van der Waals surface area contributed by atoms with Crippen LogP contribution in [0.5, 0.6) is 5.75 Å². The molecular formula is C25H25N3O4. The van der Waals surface area contributed by atoms with Gasteiger partial charge in [-0.15, -0.1) is 0 Å². The van der Waals surface area contributed by atoms with Crippen molar-refractivity contribution in [1.29, 1.82) is 0 Å². The maximum absolute atomic E-state index is 12.5. The molecule has 1 aromatic carbocycles. The normalized spacial score (nSPS) is 17.2. The zero-order valence-corrected chi connectivity index (χ0v) is 17.7. The maximum Gasteiger partial charge on any atom is 0.415 e. The Balaban J connectivity index is 1.17. The molecule has 2 aliphatic rings. The highest BCUT2D eigenvalue weighted by Gasteiger charge is 2.24. The van der Waals surface area contributed by atoms with Crippen LogP contribution in [0.3, 0.4) is 0 Å². The lowest BCUT2D eigenvalue weighted by Crippen LogP contribution is -2.34. The number of fused-ring (bicyclic) bond motifs is 1. The minimum atomic E-state index is -1.00. The third-order valence-corrected chi connectivity index (χ3v) is 6.15. The van der Waals surface area contributed by atoms with E-state index in [0.29, 0.717) is 23.1 Å². The van der Waals surface area contributed by atoms with Gasteiger partial charge in [-0.1, -0.05) is 12.1 Å². The van der Waals surface area contributed by atoms with Gasteiger partial charge >= 0.3 is 6.09 Å². The molecule has 1 fully saturated rings. The Kier molecular flexibility index (Phi) is 5.49. The van der Waals surface area contributed by atoms with Crippen molar-refractivity contribution in [3.05, 3.63) is 71.7 Å². The molecule has 7 heteroatoms. The molecule has 0 spiro atoms. The van der Waals surface area contributed by atoms with Crippen molar-refractivity contribution in [3.8, 4) is 17.0 Å². The predicted octanol–water partition coefficient (Wildman–Crippen LogP) is 3.80. The van der Waals surface area contributed by atoms with Crippen LogP contribution < -0.4 is 10.1 Å². The Morgan fingerprint density at radius 2 is 1.97 bits per heavy atom. The van der Waals surface area contributed by atoms with E-state index in [2.05, 4.69) is 22.4 Å². The topological polar surface area (TPSA) is 93.5 Å². The maximum atomic E-state index is 12.5. The quantitative estimate of drug-likeness (QED) is 0.527. The number of rotatable bonds is 8. The third kappa shape index (κ3) is 4.43. The highest BCUT2D eigenvalue weighted by Crippen LogP contribution is 2.30. The highest BCUT2D eigenvalue weighted by molar-refractivity contribution is 5.95. The second kappa shape index (κ2) is 8.59. The molecule has 0 aliphatic heterocycles. The van der Waals surface area contributed by atoms with E-state index in [1.165, 1.54) is 28.5 Å². The van der Waals surface area contributed by atoms with Gasteiger partial charge in [0.2, 0.25) is 0 Å². The molecule has 2 aliphatic carbocycles. The van der Waals surface area contributed by atoms with Crippen LogP contribution in [0.25, 0.3) is 11.3 Å². The van der Waals surface area contributed by atoms with Gasteiger partial charge in [-0.2, -0.15) is 0 Å². The Bertz CT molecular complexity index is 1150. The SMILES string of the molecule is O=C(CNC1Cc2ccc(-c3cccn3C(=O)O)cc2C1)c1ccc(OCC2CC2)cn1. The number of hydrogen-bond acceptors (Lipinski definition) is 5. The average molecular weight is 431 g/mol. The van der Waals surface area contributed by atoms with Crippen LogP contribution in [0, 0.1) is 5.92 Å². The second-order valence-corrected chi connectivity index (χ2v) is 8.57. The first kappa shape index (κ1) is 20.5. The summed E-state index contributed by atoms with van der Waals surface area (Å²) in [5.41, 5.74) is 4.37. The van der Waals surface area contributed by atoms with E-state index in [4.69, 9.17) is 4.74 Å². The number of nitrogens with zero attached hydrogens (tertiary/aromatic N) is 2. The van der Waals surface area contributed by atoms with Crippen molar-refractivity contribution in [2.45, 2.75) is 31.7 Å². The van der Waals surface area contributed by atoms with Crippen LogP contribution in [0.1, 0.15) is 34.5 Å². The fourth-order valence-electron chi connectivity index (χ4n) is 4.16. The molecule has 2 N–H and O–H groups in total. The summed E-state index contributed by atoms with van der Waals surface area (Å²) in [6.45, 7) is 0.950. The highest BCUT2D eigenvalue weighted by atomic mass is 16.5. The Morgan fingerprint density at radius 3 is 2.72 bits per heavy atom. The molecule has 0 amide bonds. The standard InChI is InChI=1S/C25H25N3O4/c29-24(22-8-7-21(13-27-22)32-15-16-3-4-16)14-26-20-11-17-5-6-18(10-19(17)12-20)23-2-1-9-28(23)25(30)31/h1-2,5-10,13,16,20,26H,3-4,11-12,14-15H2,(H,30,31). The lowest BCUT2D eigenvalue weighted by molar-refractivity contribution is 0.0982. The molecule has 1 atom stereocenters. The van der Waals surface area contributed by atoms with E-state index in [0.717, 1.165) is 25.0 Å². The van der Waals surface area contributed by atoms with E-state index >= 15 is 0 Å². The zero-order chi connectivity index (χ0) is 22.1. The molecule has 164 valence electrons. The van der Waals surface area contributed by atoms with Gasteiger partial charge in [0, 0.05) is 12.2 Å². The summed E-state index contributed by atoms with van der Waals surface area (Å²) < 4.78 is 6.90. The number of benzene rings is 1. The molecule has 0 bridgehead atoms. The zero-order valence-electron chi connectivity index (χ0n) is 17.7. The number of hydrogen-bond donors (Lipinski definition) is 2. The number of carbonyl (C=O) groups is 2. The van der Waals surface area contributed by atoms with Crippen molar-refractivity contribution >= 4 is 11.9 Å². The first-order valence-electron chi connectivity index (χ1n) is 10.9. The molecule has 32 heavy (non-hydrogen) atoms. The van der Waals surface area contributed by atoms with Crippen LogP contribution in [0.2, 0.25) is 0 Å². The van der Waals surface area contributed by atoms with Crippen molar-refractivity contribution < 1.29 is 19.4 Å². The predicted molar refractivity (Wildman–Crippen MR) is 119 cm³/mol. The number of pyridine rings is 1. The van der Waals surface area contributed by atoms with Gasteiger partial charge in [0.25, 0.3) is 0 Å². The number of aromatic nitrogens is 2. The summed E-state index contributed by atoms with van der Waals surface area (Å²) in [6.07, 6.45) is 6.27. The molecule has 0 saturated heterocycles. The summed E-state index contributed by atoms with van der Waals surface area (Å²) in [5, 5.41) is 12.7. The minimum Gasteiger partial charge on any atom is -0.492 e. The van der Waals surface area contributed by atoms with Gasteiger partial charge in [0.05, 0.1) is 25.0 Å². The first-order valence-corrected chi connectivity index (χ1v) is 10.9. The summed E-state index contributed by atoms with van der Waals surface area (Å²) in [7, 11) is 0. The minimum absolute atomic E-state index is 0.0466. The number of ketones is 1. The molecule has 5 rings (SSSR count). The van der Waals surface area contributed by atoms with E-state index in [-0.39, 0.29) is 18.4 Å². The number of carboxylic acid groups (broad SMARTS) is 1. The molecule has 2 aromatic heterocycles. The Hall–Kier alpha value is -3.45. The van der Waals surface area contributed by atoms with Crippen LogP contribution in [-0.2, 0) is 12.8 Å². The van der Waals surface area contributed by atoms with Crippen LogP contribution in [0.15, 0.2) is 54.9 Å². The number of Topliss-reactive ketones (excluding diaryl/α,β-unsaturated/α-hetero) is 1. The van der Waals surface area contributed by atoms with E-state index in [1.54, 1.807) is 30.6 Å². The fraction of sp³-hybridized carbons (Fsp3) is 0.320. The third-order valence-electron chi connectivity index (χ3n) is 6.15. The summed E-state index contributed by atoms with van der Waals surface area (Å²) >= 11 is 0. The van der Waals surface area contributed by atoms with Crippen molar-refractivity contribution in [2.24, 2.45) is 5.92 Å².